The van der Waals surface area contributed by atoms with E-state index < -0.39 is 10.0 Å². The highest BCUT2D eigenvalue weighted by Gasteiger charge is 2.17. The van der Waals surface area contributed by atoms with E-state index in [9.17, 15) is 13.2 Å². The van der Waals surface area contributed by atoms with E-state index in [1.807, 2.05) is 24.3 Å². The summed E-state index contributed by atoms with van der Waals surface area (Å²) in [5.74, 6) is 0.465. The maximum absolute atomic E-state index is 12.7. The molecule has 1 fully saturated rings. The summed E-state index contributed by atoms with van der Waals surface area (Å²) in [5.41, 5.74) is 2.47. The van der Waals surface area contributed by atoms with Crippen LogP contribution in [0.3, 0.4) is 0 Å². The summed E-state index contributed by atoms with van der Waals surface area (Å²) in [6.45, 7) is 5.39. The average Bonchev–Trinajstić information content (AvgIpc) is 2.79. The van der Waals surface area contributed by atoms with E-state index in [1.165, 1.54) is 48.7 Å². The van der Waals surface area contributed by atoms with Gasteiger partial charge in [0.15, 0.2) is 0 Å². The third-order valence-electron chi connectivity index (χ3n) is 5.90. The van der Waals surface area contributed by atoms with Crippen molar-refractivity contribution in [1.29, 1.82) is 0 Å². The summed E-state index contributed by atoms with van der Waals surface area (Å²) in [6, 6.07) is 18.0. The molecule has 0 aromatic heterocycles. The van der Waals surface area contributed by atoms with Crippen molar-refractivity contribution in [3.05, 3.63) is 87.9 Å². The Labute approximate surface area is 216 Å². The van der Waals surface area contributed by atoms with E-state index in [-0.39, 0.29) is 16.5 Å². The van der Waals surface area contributed by atoms with Gasteiger partial charge in [-0.1, -0.05) is 42.3 Å². The van der Waals surface area contributed by atoms with Crippen LogP contribution in [0.2, 0.25) is 10.0 Å². The van der Waals surface area contributed by atoms with Crippen LogP contribution in [-0.4, -0.2) is 32.3 Å². The van der Waals surface area contributed by atoms with E-state index in [0.717, 1.165) is 25.6 Å². The second kappa shape index (κ2) is 11.0. The van der Waals surface area contributed by atoms with Crippen LogP contribution in [0.25, 0.3) is 0 Å². The van der Waals surface area contributed by atoms with E-state index in [2.05, 4.69) is 21.9 Å². The fourth-order valence-electron chi connectivity index (χ4n) is 4.20. The van der Waals surface area contributed by atoms with Crippen molar-refractivity contribution in [2.45, 2.75) is 31.2 Å². The van der Waals surface area contributed by atoms with Crippen molar-refractivity contribution < 1.29 is 13.2 Å². The molecule has 4 rings (SSSR count). The van der Waals surface area contributed by atoms with Crippen molar-refractivity contribution in [3.8, 4) is 0 Å². The Hall–Kier alpha value is -2.58. The number of amides is 1. The number of hydrogen-bond acceptors (Lipinski definition) is 4. The summed E-state index contributed by atoms with van der Waals surface area (Å²) in [4.78, 5) is 15.2. The molecule has 1 saturated heterocycles. The Kier molecular flexibility index (Phi) is 8.02. The third-order valence-corrected chi connectivity index (χ3v) is 7.73. The summed E-state index contributed by atoms with van der Waals surface area (Å²) in [5, 5.41) is 3.45. The van der Waals surface area contributed by atoms with Crippen molar-refractivity contribution >= 4 is 50.5 Å². The maximum Gasteiger partial charge on any atom is 0.261 e. The number of carbonyl (C=O) groups is 1. The first-order valence-electron chi connectivity index (χ1n) is 11.4. The molecule has 0 radical (unpaired) electrons. The molecule has 3 aromatic rings. The number of sulfonamides is 1. The van der Waals surface area contributed by atoms with Crippen LogP contribution in [0.15, 0.2) is 71.6 Å². The minimum Gasteiger partial charge on any atom is -0.322 e. The van der Waals surface area contributed by atoms with Gasteiger partial charge in [0, 0.05) is 34.4 Å². The molecule has 0 bridgehead atoms. The Morgan fingerprint density at radius 2 is 1.63 bits per heavy atom. The predicted octanol–water partition coefficient (Wildman–Crippen LogP) is 6.28. The highest BCUT2D eigenvalue weighted by Crippen LogP contribution is 2.25. The van der Waals surface area contributed by atoms with Gasteiger partial charge < -0.3 is 5.32 Å². The number of nitrogens with zero attached hydrogens (tertiary/aromatic N) is 1. The lowest BCUT2D eigenvalue weighted by molar-refractivity contribution is 0.102. The monoisotopic (exact) mass is 531 g/mol. The van der Waals surface area contributed by atoms with Crippen LogP contribution in [0, 0.1) is 5.92 Å². The number of likely N-dealkylation sites (tertiary alicyclic amines) is 1. The summed E-state index contributed by atoms with van der Waals surface area (Å²) in [7, 11) is -3.85. The quantitative estimate of drug-likeness (QED) is 0.376. The molecule has 1 aliphatic rings. The third kappa shape index (κ3) is 6.98. The fraction of sp³-hybridized carbons (Fsp3) is 0.269. The van der Waals surface area contributed by atoms with Crippen LogP contribution in [0.4, 0.5) is 11.4 Å². The number of nitrogens with one attached hydrogen (secondary N) is 2. The zero-order valence-corrected chi connectivity index (χ0v) is 21.6. The number of piperidine rings is 1. The van der Waals surface area contributed by atoms with E-state index >= 15 is 0 Å². The highest BCUT2D eigenvalue weighted by atomic mass is 35.5. The molecule has 9 heteroatoms. The van der Waals surface area contributed by atoms with E-state index in [0.29, 0.717) is 21.3 Å². The number of carbonyl (C=O) groups excluding carboxylic acids is 1. The van der Waals surface area contributed by atoms with Gasteiger partial charge in [-0.2, -0.15) is 0 Å². The zero-order valence-electron chi connectivity index (χ0n) is 19.3. The Morgan fingerprint density at radius 1 is 0.971 bits per heavy atom. The largest absolute Gasteiger partial charge is 0.322 e. The molecular formula is C26H27Cl2N3O3S. The van der Waals surface area contributed by atoms with Crippen molar-refractivity contribution in [1.82, 2.24) is 4.90 Å². The first-order valence-corrected chi connectivity index (χ1v) is 13.6. The van der Waals surface area contributed by atoms with Crippen molar-refractivity contribution in [2.24, 2.45) is 5.92 Å². The lowest BCUT2D eigenvalue weighted by Gasteiger charge is -2.30. The second-order valence-electron chi connectivity index (χ2n) is 8.92. The van der Waals surface area contributed by atoms with Gasteiger partial charge in [0.25, 0.3) is 15.9 Å². The first-order chi connectivity index (χ1) is 16.7. The zero-order chi connectivity index (χ0) is 25.0. The van der Waals surface area contributed by atoms with Gasteiger partial charge in [0.2, 0.25) is 0 Å². The van der Waals surface area contributed by atoms with Crippen molar-refractivity contribution in [2.75, 3.05) is 23.1 Å². The van der Waals surface area contributed by atoms with Gasteiger partial charge in [0.1, 0.15) is 0 Å². The Bertz CT molecular complexity index is 1280. The van der Waals surface area contributed by atoms with Gasteiger partial charge in [-0.05, 0) is 85.5 Å². The van der Waals surface area contributed by atoms with Crippen LogP contribution in [-0.2, 0) is 16.6 Å². The smallest absolute Gasteiger partial charge is 0.261 e. The number of hydrogen-bond donors (Lipinski definition) is 2. The first kappa shape index (κ1) is 25.5. The van der Waals surface area contributed by atoms with Gasteiger partial charge in [-0.25, -0.2) is 8.42 Å². The van der Waals surface area contributed by atoms with Crippen LogP contribution in [0.1, 0.15) is 35.7 Å². The molecule has 0 unspecified atom stereocenters. The standard InChI is InChI=1S/C26H27Cl2N3O3S/c1-18-3-2-12-31(16-18)17-19-4-6-20(7-5-19)26(32)29-23-8-10-25(11-9-23)35(33,34)30-24-14-21(27)13-22(28)15-24/h4-11,13-15,18,30H,2-3,12,16-17H2,1H3,(H,29,32)/t18-/m1/s1. The molecular weight excluding hydrogens is 505 g/mol. The van der Waals surface area contributed by atoms with Gasteiger partial charge in [-0.15, -0.1) is 0 Å². The molecule has 2 N–H and O–H groups in total. The van der Waals surface area contributed by atoms with Gasteiger partial charge in [-0.3, -0.25) is 14.4 Å². The Balaban J connectivity index is 1.36. The molecule has 35 heavy (non-hydrogen) atoms. The van der Waals surface area contributed by atoms with Crippen LogP contribution >= 0.6 is 23.2 Å². The molecule has 0 aliphatic carbocycles. The highest BCUT2D eigenvalue weighted by molar-refractivity contribution is 7.92. The summed E-state index contributed by atoms with van der Waals surface area (Å²) < 4.78 is 27.8. The number of benzene rings is 3. The van der Waals surface area contributed by atoms with E-state index in [1.54, 1.807) is 12.1 Å². The molecule has 1 amide bonds. The minimum absolute atomic E-state index is 0.0444. The van der Waals surface area contributed by atoms with Crippen LogP contribution < -0.4 is 10.0 Å². The lowest BCUT2D eigenvalue weighted by atomic mass is 9.99. The maximum atomic E-state index is 12.7. The number of anilines is 2. The molecule has 1 atom stereocenters. The van der Waals surface area contributed by atoms with Gasteiger partial charge in [0.05, 0.1) is 10.6 Å². The molecule has 0 saturated carbocycles. The second-order valence-corrected chi connectivity index (χ2v) is 11.5. The lowest BCUT2D eigenvalue weighted by Crippen LogP contribution is -2.33. The fourth-order valence-corrected chi connectivity index (χ4v) is 5.76. The van der Waals surface area contributed by atoms with Crippen LogP contribution in [0.5, 0.6) is 0 Å². The SMILES string of the molecule is C[C@@H]1CCCN(Cc2ccc(C(=O)Nc3ccc(S(=O)(=O)Nc4cc(Cl)cc(Cl)c4)cc3)cc2)C1. The topological polar surface area (TPSA) is 78.5 Å². The summed E-state index contributed by atoms with van der Waals surface area (Å²) in [6.07, 6.45) is 2.52. The average molecular weight is 532 g/mol. The molecule has 6 nitrogen and oxygen atoms in total. The number of rotatable bonds is 7. The molecule has 0 spiro atoms. The molecule has 1 heterocycles. The summed E-state index contributed by atoms with van der Waals surface area (Å²) >= 11 is 11.9. The minimum atomic E-state index is -3.85. The molecule has 184 valence electrons. The van der Waals surface area contributed by atoms with Crippen molar-refractivity contribution in [3.63, 3.8) is 0 Å². The van der Waals surface area contributed by atoms with Gasteiger partial charge >= 0.3 is 0 Å². The Morgan fingerprint density at radius 3 is 2.26 bits per heavy atom. The van der Waals surface area contributed by atoms with E-state index in [4.69, 9.17) is 23.2 Å². The number of halogens is 2. The normalized spacial score (nSPS) is 16.6. The predicted molar refractivity (Wildman–Crippen MR) is 142 cm³/mol. The molecule has 1 aliphatic heterocycles. The molecule has 3 aromatic carbocycles.